The van der Waals surface area contributed by atoms with Crippen molar-refractivity contribution < 1.29 is 23.5 Å². The highest BCUT2D eigenvalue weighted by Crippen LogP contribution is 2.28. The lowest BCUT2D eigenvalue weighted by molar-refractivity contribution is -0.124. The van der Waals surface area contributed by atoms with E-state index in [1.165, 1.54) is 30.5 Å². The molecule has 2 aromatic rings. The van der Waals surface area contributed by atoms with Crippen LogP contribution in [0.4, 0.5) is 4.39 Å². The molecule has 1 unspecified atom stereocenters. The molecule has 0 saturated carbocycles. The average molecular weight is 445 g/mol. The maximum Gasteiger partial charge on any atom is 0.262 e. The van der Waals surface area contributed by atoms with Crippen LogP contribution in [0.2, 0.25) is 5.02 Å². The van der Waals surface area contributed by atoms with Crippen LogP contribution >= 0.6 is 11.6 Å². The predicted molar refractivity (Wildman–Crippen MR) is 109 cm³/mol. The Hall–Kier alpha value is -3.64. The van der Waals surface area contributed by atoms with Crippen LogP contribution in [-0.4, -0.2) is 35.6 Å². The number of ether oxygens (including phenoxy) is 2. The maximum absolute atomic E-state index is 13.4. The van der Waals surface area contributed by atoms with Gasteiger partial charge in [-0.3, -0.25) is 9.59 Å². The van der Waals surface area contributed by atoms with Crippen LogP contribution in [0.3, 0.4) is 0 Å². The third-order valence-corrected chi connectivity index (χ3v) is 4.56. The highest BCUT2D eigenvalue weighted by molar-refractivity contribution is 6.30. The number of rotatable bonds is 8. The molecule has 160 valence electrons. The molecule has 1 aliphatic rings. The molecule has 0 spiro atoms. The second-order valence-corrected chi connectivity index (χ2v) is 7.42. The number of nitriles is 1. The quantitative estimate of drug-likeness (QED) is 0.646. The van der Waals surface area contributed by atoms with E-state index in [0.29, 0.717) is 17.7 Å². The van der Waals surface area contributed by atoms with Gasteiger partial charge in [-0.15, -0.1) is 0 Å². The molecular weight excluding hydrogens is 427 g/mol. The molecule has 0 saturated heterocycles. The Morgan fingerprint density at radius 3 is 2.65 bits per heavy atom. The Morgan fingerprint density at radius 2 is 2.00 bits per heavy atom. The van der Waals surface area contributed by atoms with Crippen molar-refractivity contribution >= 4 is 23.4 Å². The number of hydrogen-bond acceptors (Lipinski definition) is 6. The third kappa shape index (κ3) is 6.17. The molecule has 31 heavy (non-hydrogen) atoms. The Bertz CT molecular complexity index is 1070. The number of pyridine rings is 1. The van der Waals surface area contributed by atoms with E-state index in [0.717, 1.165) is 6.07 Å². The van der Waals surface area contributed by atoms with Crippen LogP contribution in [-0.2, 0) is 9.59 Å². The van der Waals surface area contributed by atoms with Gasteiger partial charge in [-0.2, -0.15) is 5.26 Å². The molecule has 0 aliphatic heterocycles. The SMILES string of the molecule is CC1(NC(=O)COc2ccc(Cl)c(F)c2)C=C(NC(=O)COc2ccc(C#N)cn2)C1. The van der Waals surface area contributed by atoms with Crippen LogP contribution in [0.5, 0.6) is 11.6 Å². The first-order valence-electron chi connectivity index (χ1n) is 9.16. The minimum Gasteiger partial charge on any atom is -0.484 e. The van der Waals surface area contributed by atoms with Gasteiger partial charge < -0.3 is 20.1 Å². The summed E-state index contributed by atoms with van der Waals surface area (Å²) in [5.41, 5.74) is 0.400. The molecule has 1 aliphatic carbocycles. The third-order valence-electron chi connectivity index (χ3n) is 4.25. The Kier molecular flexibility index (Phi) is 6.72. The molecule has 1 aromatic carbocycles. The molecule has 1 atom stereocenters. The van der Waals surface area contributed by atoms with Crippen molar-refractivity contribution in [1.29, 1.82) is 5.26 Å². The molecule has 8 nitrogen and oxygen atoms in total. The normalized spacial score (nSPS) is 16.9. The van der Waals surface area contributed by atoms with E-state index >= 15 is 0 Å². The summed E-state index contributed by atoms with van der Waals surface area (Å²) >= 11 is 5.60. The van der Waals surface area contributed by atoms with E-state index in [4.69, 9.17) is 26.3 Å². The van der Waals surface area contributed by atoms with Gasteiger partial charge in [0.1, 0.15) is 17.6 Å². The van der Waals surface area contributed by atoms with Crippen LogP contribution in [0.1, 0.15) is 18.9 Å². The number of nitrogens with one attached hydrogen (secondary N) is 2. The molecule has 2 N–H and O–H groups in total. The van der Waals surface area contributed by atoms with Crippen molar-refractivity contribution in [2.45, 2.75) is 18.9 Å². The smallest absolute Gasteiger partial charge is 0.262 e. The summed E-state index contributed by atoms with van der Waals surface area (Å²) in [6.45, 7) is 1.25. The summed E-state index contributed by atoms with van der Waals surface area (Å²) in [6, 6.07) is 8.89. The van der Waals surface area contributed by atoms with Crippen LogP contribution < -0.4 is 20.1 Å². The van der Waals surface area contributed by atoms with Gasteiger partial charge in [0.2, 0.25) is 5.88 Å². The van der Waals surface area contributed by atoms with Gasteiger partial charge in [-0.25, -0.2) is 9.37 Å². The lowest BCUT2D eigenvalue weighted by atomic mass is 9.84. The number of halogens is 2. The van der Waals surface area contributed by atoms with E-state index in [2.05, 4.69) is 15.6 Å². The summed E-state index contributed by atoms with van der Waals surface area (Å²) in [4.78, 5) is 28.0. The van der Waals surface area contributed by atoms with Crippen LogP contribution in [0, 0.1) is 17.1 Å². The van der Waals surface area contributed by atoms with Gasteiger partial charge in [0.15, 0.2) is 13.2 Å². The van der Waals surface area contributed by atoms with E-state index < -0.39 is 17.3 Å². The van der Waals surface area contributed by atoms with Gasteiger partial charge in [-0.1, -0.05) is 11.6 Å². The number of hydrogen-bond donors (Lipinski definition) is 2. The lowest BCUT2D eigenvalue weighted by Gasteiger charge is -2.37. The second kappa shape index (κ2) is 9.45. The molecular formula is C21H18ClFN4O4. The molecule has 0 bridgehead atoms. The van der Waals surface area contributed by atoms with Gasteiger partial charge in [-0.05, 0) is 31.2 Å². The first-order valence-corrected chi connectivity index (χ1v) is 9.53. The maximum atomic E-state index is 13.4. The Morgan fingerprint density at radius 1 is 1.26 bits per heavy atom. The molecule has 1 heterocycles. The summed E-state index contributed by atoms with van der Waals surface area (Å²) in [6.07, 6.45) is 3.48. The van der Waals surface area contributed by atoms with Crippen molar-refractivity contribution in [3.05, 3.63) is 64.7 Å². The number of benzene rings is 1. The zero-order valence-corrected chi connectivity index (χ0v) is 17.2. The topological polar surface area (TPSA) is 113 Å². The lowest BCUT2D eigenvalue weighted by Crippen LogP contribution is -2.53. The zero-order valence-electron chi connectivity index (χ0n) is 16.4. The number of amides is 2. The fourth-order valence-corrected chi connectivity index (χ4v) is 2.99. The van der Waals surface area contributed by atoms with Crippen molar-refractivity contribution in [1.82, 2.24) is 15.6 Å². The number of nitrogens with zero attached hydrogens (tertiary/aromatic N) is 2. The summed E-state index contributed by atoms with van der Waals surface area (Å²) in [5.74, 6) is -0.980. The number of carbonyl (C=O) groups excluding carboxylic acids is 2. The fraction of sp³-hybridized carbons (Fsp3) is 0.238. The summed E-state index contributed by atoms with van der Waals surface area (Å²) < 4.78 is 23.9. The second-order valence-electron chi connectivity index (χ2n) is 7.01. The summed E-state index contributed by atoms with van der Waals surface area (Å²) in [7, 11) is 0. The standard InChI is InChI=1S/C21H18ClFN4O4/c1-21(27-19(29)12-30-15-3-4-16(22)17(23)6-15)7-14(8-21)26-18(28)11-31-20-5-2-13(9-24)10-25-20/h2-7,10H,8,11-12H2,1H3,(H,26,28)(H,27,29). The fourth-order valence-electron chi connectivity index (χ4n) is 2.87. The Balaban J connectivity index is 1.40. The van der Waals surface area contributed by atoms with Crippen molar-refractivity contribution in [3.8, 4) is 17.7 Å². The number of aromatic nitrogens is 1. The molecule has 2 amide bonds. The number of carbonyl (C=O) groups is 2. The molecule has 1 aromatic heterocycles. The van der Waals surface area contributed by atoms with Crippen LogP contribution in [0.15, 0.2) is 48.3 Å². The van der Waals surface area contributed by atoms with E-state index in [1.807, 2.05) is 6.07 Å². The largest absolute Gasteiger partial charge is 0.484 e. The van der Waals surface area contributed by atoms with Gasteiger partial charge in [0, 0.05) is 30.4 Å². The van der Waals surface area contributed by atoms with Gasteiger partial charge in [0.05, 0.1) is 16.1 Å². The molecule has 0 radical (unpaired) electrons. The minimum atomic E-state index is -0.635. The zero-order chi connectivity index (χ0) is 22.4. The molecule has 3 rings (SSSR count). The highest BCUT2D eigenvalue weighted by Gasteiger charge is 2.34. The van der Waals surface area contributed by atoms with E-state index in [9.17, 15) is 14.0 Å². The monoisotopic (exact) mass is 444 g/mol. The van der Waals surface area contributed by atoms with Crippen molar-refractivity contribution in [2.24, 2.45) is 0 Å². The van der Waals surface area contributed by atoms with Crippen molar-refractivity contribution in [3.63, 3.8) is 0 Å². The first kappa shape index (κ1) is 22.1. The minimum absolute atomic E-state index is 0.0305. The molecule has 10 heteroatoms. The van der Waals surface area contributed by atoms with Crippen LogP contribution in [0.25, 0.3) is 0 Å². The van der Waals surface area contributed by atoms with Gasteiger partial charge in [0.25, 0.3) is 11.8 Å². The Labute approximate surface area is 182 Å². The van der Waals surface area contributed by atoms with E-state index in [1.54, 1.807) is 13.0 Å². The average Bonchev–Trinajstić information content (AvgIpc) is 2.72. The van der Waals surface area contributed by atoms with Crippen molar-refractivity contribution in [2.75, 3.05) is 13.2 Å². The molecule has 0 fully saturated rings. The van der Waals surface area contributed by atoms with Gasteiger partial charge >= 0.3 is 0 Å². The first-order chi connectivity index (χ1) is 14.8. The van der Waals surface area contributed by atoms with E-state index in [-0.39, 0.29) is 35.8 Å². The predicted octanol–water partition coefficient (Wildman–Crippen LogP) is 2.48. The highest BCUT2D eigenvalue weighted by atomic mass is 35.5. The summed E-state index contributed by atoms with van der Waals surface area (Å²) in [5, 5.41) is 14.2.